The van der Waals surface area contributed by atoms with E-state index in [0.717, 1.165) is 11.1 Å². The molecule has 2 aromatic carbocycles. The van der Waals surface area contributed by atoms with Crippen LogP contribution >= 0.6 is 11.3 Å². The van der Waals surface area contributed by atoms with Gasteiger partial charge in [-0.1, -0.05) is 41.2 Å². The summed E-state index contributed by atoms with van der Waals surface area (Å²) < 4.78 is 18.2. The number of nitrogens with zero attached hydrogens (tertiary/aromatic N) is 2. The number of thiazole rings is 1. The summed E-state index contributed by atoms with van der Waals surface area (Å²) in [5.74, 6) is 0.793. The van der Waals surface area contributed by atoms with Crippen molar-refractivity contribution < 1.29 is 19.0 Å². The number of allylic oxidation sites excluding steroid dienone is 1. The molecule has 2 heterocycles. The van der Waals surface area contributed by atoms with Gasteiger partial charge in [0.25, 0.3) is 5.56 Å². The van der Waals surface area contributed by atoms with Crippen LogP contribution in [-0.4, -0.2) is 31.4 Å². The number of methoxy groups -OCH3 is 2. The SMILES string of the molecule is CCOC(=O)C1=C(C)N=c2s/c(=C\c3cc(OC)ccc3OC)c(=O)n2C1c1ccc(C)cc1. The van der Waals surface area contributed by atoms with E-state index in [4.69, 9.17) is 14.2 Å². The van der Waals surface area contributed by atoms with E-state index >= 15 is 0 Å². The van der Waals surface area contributed by atoms with Crippen LogP contribution < -0.4 is 24.4 Å². The molecule has 3 aromatic rings. The van der Waals surface area contributed by atoms with Gasteiger partial charge in [0.1, 0.15) is 11.5 Å². The maximum Gasteiger partial charge on any atom is 0.338 e. The summed E-state index contributed by atoms with van der Waals surface area (Å²) in [4.78, 5) is 31.8. The van der Waals surface area contributed by atoms with E-state index in [9.17, 15) is 9.59 Å². The number of carbonyl (C=O) groups is 1. The molecule has 0 amide bonds. The minimum atomic E-state index is -0.634. The first kappa shape index (κ1) is 23.5. The maximum absolute atomic E-state index is 13.7. The molecule has 0 fully saturated rings. The molecule has 0 radical (unpaired) electrons. The summed E-state index contributed by atoms with van der Waals surface area (Å²) in [5.41, 5.74) is 3.27. The molecule has 7 nitrogen and oxygen atoms in total. The van der Waals surface area contributed by atoms with Crippen LogP contribution in [-0.2, 0) is 9.53 Å². The number of ether oxygens (including phenoxy) is 3. The Morgan fingerprint density at radius 2 is 1.85 bits per heavy atom. The van der Waals surface area contributed by atoms with Crippen LogP contribution in [0.5, 0.6) is 11.5 Å². The zero-order valence-electron chi connectivity index (χ0n) is 19.7. The molecule has 0 saturated carbocycles. The van der Waals surface area contributed by atoms with Crippen LogP contribution in [0, 0.1) is 6.92 Å². The fourth-order valence-corrected chi connectivity index (χ4v) is 4.99. The summed E-state index contributed by atoms with van der Waals surface area (Å²) in [6.45, 7) is 5.75. The van der Waals surface area contributed by atoms with Gasteiger partial charge >= 0.3 is 5.97 Å². The average Bonchev–Trinajstić information content (AvgIpc) is 3.13. The summed E-state index contributed by atoms with van der Waals surface area (Å²) in [6.07, 6.45) is 1.76. The number of esters is 1. The molecule has 1 aliphatic rings. The smallest absolute Gasteiger partial charge is 0.338 e. The highest BCUT2D eigenvalue weighted by atomic mass is 32.1. The molecule has 1 aliphatic heterocycles. The molecule has 0 saturated heterocycles. The van der Waals surface area contributed by atoms with Gasteiger partial charge in [-0.15, -0.1) is 0 Å². The van der Waals surface area contributed by atoms with Crippen molar-refractivity contribution in [1.82, 2.24) is 4.57 Å². The lowest BCUT2D eigenvalue weighted by Gasteiger charge is -2.24. The van der Waals surface area contributed by atoms with Gasteiger partial charge in [-0.25, -0.2) is 9.79 Å². The Bertz CT molecular complexity index is 1450. The second kappa shape index (κ2) is 9.69. The molecule has 0 N–H and O–H groups in total. The second-order valence-electron chi connectivity index (χ2n) is 7.82. The van der Waals surface area contributed by atoms with Gasteiger partial charge in [-0.2, -0.15) is 0 Å². The first-order valence-corrected chi connectivity index (χ1v) is 11.7. The number of rotatable bonds is 6. The number of benzene rings is 2. The van der Waals surface area contributed by atoms with Crippen molar-refractivity contribution in [1.29, 1.82) is 0 Å². The molecule has 4 rings (SSSR count). The highest BCUT2D eigenvalue weighted by molar-refractivity contribution is 7.07. The van der Waals surface area contributed by atoms with Crippen LogP contribution in [0.15, 0.2) is 63.5 Å². The van der Waals surface area contributed by atoms with E-state index in [1.165, 1.54) is 11.3 Å². The molecule has 0 spiro atoms. The maximum atomic E-state index is 13.7. The van der Waals surface area contributed by atoms with Gasteiger partial charge in [-0.05, 0) is 50.6 Å². The minimum Gasteiger partial charge on any atom is -0.497 e. The summed E-state index contributed by atoms with van der Waals surface area (Å²) in [7, 11) is 3.16. The fourth-order valence-electron chi connectivity index (χ4n) is 3.95. The Morgan fingerprint density at radius 1 is 1.12 bits per heavy atom. The quantitative estimate of drug-likeness (QED) is 0.509. The standard InChI is InChI=1S/C26H26N2O5S/c1-6-33-25(30)22-16(3)27-26-28(23(22)17-9-7-15(2)8-10-17)24(29)21(34-26)14-18-13-19(31-4)11-12-20(18)32-5/h7-14,23H,6H2,1-5H3/b21-14-. The zero-order chi connectivity index (χ0) is 24.4. The summed E-state index contributed by atoms with van der Waals surface area (Å²) >= 11 is 1.27. The highest BCUT2D eigenvalue weighted by Crippen LogP contribution is 2.31. The Labute approximate surface area is 201 Å². The second-order valence-corrected chi connectivity index (χ2v) is 8.83. The highest BCUT2D eigenvalue weighted by Gasteiger charge is 2.33. The van der Waals surface area contributed by atoms with Crippen molar-refractivity contribution >= 4 is 23.4 Å². The molecule has 1 aromatic heterocycles. The first-order chi connectivity index (χ1) is 16.4. The molecule has 176 valence electrons. The fraction of sp³-hybridized carbons (Fsp3) is 0.269. The van der Waals surface area contributed by atoms with Crippen molar-refractivity contribution in [3.05, 3.63) is 90.1 Å². The van der Waals surface area contributed by atoms with Gasteiger partial charge in [-0.3, -0.25) is 9.36 Å². The van der Waals surface area contributed by atoms with Crippen molar-refractivity contribution in [2.75, 3.05) is 20.8 Å². The summed E-state index contributed by atoms with van der Waals surface area (Å²) in [5, 5.41) is 0. The lowest BCUT2D eigenvalue weighted by molar-refractivity contribution is -0.139. The largest absolute Gasteiger partial charge is 0.497 e. The van der Waals surface area contributed by atoms with Crippen molar-refractivity contribution in [2.45, 2.75) is 26.8 Å². The molecular formula is C26H26N2O5S. The van der Waals surface area contributed by atoms with Crippen molar-refractivity contribution in [3.8, 4) is 11.5 Å². The first-order valence-electron chi connectivity index (χ1n) is 10.9. The van der Waals surface area contributed by atoms with E-state index < -0.39 is 12.0 Å². The van der Waals surface area contributed by atoms with E-state index in [1.807, 2.05) is 37.3 Å². The number of hydrogen-bond donors (Lipinski definition) is 0. The van der Waals surface area contributed by atoms with E-state index in [2.05, 4.69) is 4.99 Å². The van der Waals surface area contributed by atoms with Crippen molar-refractivity contribution in [2.24, 2.45) is 4.99 Å². The predicted octanol–water partition coefficient (Wildman–Crippen LogP) is 3.12. The van der Waals surface area contributed by atoms with Crippen molar-refractivity contribution in [3.63, 3.8) is 0 Å². The normalized spacial score (nSPS) is 15.6. The Hall–Kier alpha value is -3.65. The number of carbonyl (C=O) groups excluding carboxylic acids is 1. The molecule has 8 heteroatoms. The third-order valence-corrected chi connectivity index (χ3v) is 6.62. The Kier molecular flexibility index (Phi) is 6.70. The predicted molar refractivity (Wildman–Crippen MR) is 131 cm³/mol. The lowest BCUT2D eigenvalue weighted by Crippen LogP contribution is -2.39. The van der Waals surface area contributed by atoms with Crippen LogP contribution in [0.4, 0.5) is 0 Å². The van der Waals surface area contributed by atoms with Gasteiger partial charge < -0.3 is 14.2 Å². The zero-order valence-corrected chi connectivity index (χ0v) is 20.6. The van der Waals surface area contributed by atoms with Gasteiger partial charge in [0.15, 0.2) is 4.80 Å². The Morgan fingerprint density at radius 3 is 2.50 bits per heavy atom. The number of aryl methyl sites for hydroxylation is 1. The topological polar surface area (TPSA) is 79.1 Å². The van der Waals surface area contributed by atoms with E-state index in [1.54, 1.807) is 50.8 Å². The van der Waals surface area contributed by atoms with Gasteiger partial charge in [0, 0.05) is 5.56 Å². The lowest BCUT2D eigenvalue weighted by atomic mass is 9.95. The van der Waals surface area contributed by atoms with Crippen LogP contribution in [0.3, 0.4) is 0 Å². The van der Waals surface area contributed by atoms with Crippen LogP contribution in [0.1, 0.15) is 36.6 Å². The third-order valence-electron chi connectivity index (χ3n) is 5.63. The van der Waals surface area contributed by atoms with Crippen LogP contribution in [0.2, 0.25) is 0 Å². The number of hydrogen-bond acceptors (Lipinski definition) is 7. The molecular weight excluding hydrogens is 452 g/mol. The Balaban J connectivity index is 1.96. The van der Waals surface area contributed by atoms with E-state index in [-0.39, 0.29) is 12.2 Å². The third kappa shape index (κ3) is 4.28. The van der Waals surface area contributed by atoms with E-state index in [0.29, 0.717) is 37.7 Å². The van der Waals surface area contributed by atoms with Crippen LogP contribution in [0.25, 0.3) is 6.08 Å². The number of fused-ring (bicyclic) bond motifs is 1. The molecule has 0 bridgehead atoms. The average molecular weight is 479 g/mol. The minimum absolute atomic E-state index is 0.232. The molecule has 34 heavy (non-hydrogen) atoms. The monoisotopic (exact) mass is 478 g/mol. The van der Waals surface area contributed by atoms with Gasteiger partial charge in [0.2, 0.25) is 0 Å². The molecule has 0 aliphatic carbocycles. The molecule has 1 atom stereocenters. The molecule has 1 unspecified atom stereocenters. The number of aromatic nitrogens is 1. The van der Waals surface area contributed by atoms with Gasteiger partial charge in [0.05, 0.1) is 42.7 Å². The summed E-state index contributed by atoms with van der Waals surface area (Å²) in [6, 6.07) is 12.5.